The van der Waals surface area contributed by atoms with Crippen LogP contribution >= 0.6 is 12.2 Å². The first-order valence-electron chi connectivity index (χ1n) is 9.40. The fraction of sp³-hybridized carbons (Fsp3) is 0.600. The third kappa shape index (κ3) is 2.51. The van der Waals surface area contributed by atoms with E-state index in [0.29, 0.717) is 0 Å². The first-order chi connectivity index (χ1) is 11.7. The maximum atomic E-state index is 13.4. The number of thiocarbonyl (C=S) groups is 1. The molecular formula is C20H26N2OS. The van der Waals surface area contributed by atoms with Gasteiger partial charge in [0.25, 0.3) is 5.91 Å². The third-order valence-electron chi connectivity index (χ3n) is 6.12. The highest BCUT2D eigenvalue weighted by Gasteiger charge is 2.58. The molecule has 4 heteroatoms. The number of carbonyl (C=O) groups is 1. The number of nitrogens with one attached hydrogen (secondary N) is 1. The van der Waals surface area contributed by atoms with E-state index in [9.17, 15) is 4.79 Å². The Hall–Kier alpha value is -1.26. The fourth-order valence-electron chi connectivity index (χ4n) is 4.94. The van der Waals surface area contributed by atoms with Gasteiger partial charge >= 0.3 is 0 Å². The molecule has 24 heavy (non-hydrogen) atoms. The Morgan fingerprint density at radius 1 is 0.917 bits per heavy atom. The van der Waals surface area contributed by atoms with E-state index in [1.54, 1.807) is 0 Å². The lowest BCUT2D eigenvalue weighted by molar-refractivity contribution is 0.0557. The average Bonchev–Trinajstić information content (AvgIpc) is 2.84. The van der Waals surface area contributed by atoms with Crippen molar-refractivity contribution in [3.63, 3.8) is 0 Å². The minimum Gasteiger partial charge on any atom is -0.282 e. The lowest BCUT2D eigenvalue weighted by Crippen LogP contribution is -2.57. The molecule has 0 unspecified atom stereocenters. The maximum absolute atomic E-state index is 13.4. The van der Waals surface area contributed by atoms with E-state index >= 15 is 0 Å². The van der Waals surface area contributed by atoms with Crippen LogP contribution in [-0.4, -0.2) is 27.0 Å². The summed E-state index contributed by atoms with van der Waals surface area (Å²) >= 11 is 5.94. The topological polar surface area (TPSA) is 32.3 Å². The molecule has 1 aliphatic heterocycles. The fourth-order valence-corrected chi connectivity index (χ4v) is 5.45. The summed E-state index contributed by atoms with van der Waals surface area (Å²) in [6.45, 7) is 0. The molecule has 1 amide bonds. The minimum atomic E-state index is -0.250. The summed E-state index contributed by atoms with van der Waals surface area (Å²) < 4.78 is 0. The number of hydrogen-bond donors (Lipinski definition) is 1. The first-order valence-corrected chi connectivity index (χ1v) is 9.81. The van der Waals surface area contributed by atoms with Crippen LogP contribution in [0.25, 0.3) is 0 Å². The third-order valence-corrected chi connectivity index (χ3v) is 6.70. The van der Waals surface area contributed by atoms with Crippen LogP contribution in [0.1, 0.15) is 74.6 Å². The highest BCUT2D eigenvalue weighted by atomic mass is 32.1. The van der Waals surface area contributed by atoms with Crippen LogP contribution in [0.3, 0.4) is 0 Å². The van der Waals surface area contributed by atoms with E-state index in [-0.39, 0.29) is 17.1 Å². The second kappa shape index (κ2) is 6.23. The predicted octanol–water partition coefficient (Wildman–Crippen LogP) is 4.42. The van der Waals surface area contributed by atoms with Crippen LogP contribution in [0.5, 0.6) is 0 Å². The second-order valence-corrected chi connectivity index (χ2v) is 8.06. The average molecular weight is 343 g/mol. The lowest BCUT2D eigenvalue weighted by atomic mass is 9.81. The van der Waals surface area contributed by atoms with Crippen LogP contribution in [0, 0.1) is 0 Å². The van der Waals surface area contributed by atoms with Crippen molar-refractivity contribution >= 4 is 23.1 Å². The smallest absolute Gasteiger partial charge is 0.260 e. The normalized spacial score (nSPS) is 25.3. The van der Waals surface area contributed by atoms with Crippen LogP contribution < -0.4 is 5.32 Å². The van der Waals surface area contributed by atoms with E-state index in [1.807, 2.05) is 35.2 Å². The molecule has 2 spiro atoms. The molecule has 0 aromatic heterocycles. The van der Waals surface area contributed by atoms with Crippen molar-refractivity contribution in [2.45, 2.75) is 75.4 Å². The Morgan fingerprint density at radius 3 is 2.12 bits per heavy atom. The quantitative estimate of drug-likeness (QED) is 0.767. The zero-order valence-corrected chi connectivity index (χ0v) is 15.0. The Kier molecular flexibility index (Phi) is 4.21. The Balaban J connectivity index is 1.73. The minimum absolute atomic E-state index is 0.0810. The highest BCUT2D eigenvalue weighted by molar-refractivity contribution is 7.80. The Morgan fingerprint density at radius 2 is 1.50 bits per heavy atom. The van der Waals surface area contributed by atoms with Crippen molar-refractivity contribution < 1.29 is 4.79 Å². The number of nitrogens with zero attached hydrogens (tertiary/aromatic N) is 1. The summed E-state index contributed by atoms with van der Waals surface area (Å²) in [5.74, 6) is 0.0810. The van der Waals surface area contributed by atoms with Gasteiger partial charge in [-0.3, -0.25) is 15.0 Å². The summed E-state index contributed by atoms with van der Waals surface area (Å²) in [5, 5.41) is 3.94. The first kappa shape index (κ1) is 16.2. The van der Waals surface area contributed by atoms with Gasteiger partial charge in [0.1, 0.15) is 10.7 Å². The molecule has 1 saturated heterocycles. The van der Waals surface area contributed by atoms with Crippen LogP contribution in [0.2, 0.25) is 0 Å². The molecule has 0 atom stereocenters. The molecule has 2 aliphatic carbocycles. The molecule has 3 nitrogen and oxygen atoms in total. The molecule has 3 fully saturated rings. The number of rotatable bonds is 1. The van der Waals surface area contributed by atoms with Gasteiger partial charge in [-0.15, -0.1) is 0 Å². The zero-order valence-electron chi connectivity index (χ0n) is 14.2. The lowest BCUT2D eigenvalue weighted by Gasteiger charge is -2.41. The molecular weight excluding hydrogens is 316 g/mol. The van der Waals surface area contributed by atoms with Crippen molar-refractivity contribution in [3.8, 4) is 0 Å². The van der Waals surface area contributed by atoms with Crippen LogP contribution in [0.15, 0.2) is 30.3 Å². The summed E-state index contributed by atoms with van der Waals surface area (Å²) in [6, 6.07) is 9.64. The van der Waals surface area contributed by atoms with Gasteiger partial charge in [0.15, 0.2) is 0 Å². The maximum Gasteiger partial charge on any atom is 0.260 e. The van der Waals surface area contributed by atoms with Gasteiger partial charge in [0.05, 0.1) is 5.54 Å². The summed E-state index contributed by atoms with van der Waals surface area (Å²) in [6.07, 6.45) is 11.5. The van der Waals surface area contributed by atoms with Gasteiger partial charge in [-0.1, -0.05) is 56.1 Å². The zero-order chi connectivity index (χ0) is 16.6. The van der Waals surface area contributed by atoms with Crippen LogP contribution in [-0.2, 0) is 0 Å². The molecule has 1 aromatic rings. The van der Waals surface area contributed by atoms with Crippen molar-refractivity contribution in [1.82, 2.24) is 10.2 Å². The van der Waals surface area contributed by atoms with Crippen molar-refractivity contribution in [1.29, 1.82) is 0 Å². The molecule has 4 rings (SSSR count). The molecule has 2 saturated carbocycles. The number of hydrogen-bond acceptors (Lipinski definition) is 3. The van der Waals surface area contributed by atoms with E-state index in [1.165, 1.54) is 38.5 Å². The number of amides is 1. The van der Waals surface area contributed by atoms with Crippen molar-refractivity contribution in [3.05, 3.63) is 35.9 Å². The van der Waals surface area contributed by atoms with E-state index in [0.717, 1.165) is 36.2 Å². The summed E-state index contributed by atoms with van der Waals surface area (Å²) in [4.78, 5) is 16.2. The van der Waals surface area contributed by atoms with Gasteiger partial charge < -0.3 is 0 Å². The Labute approximate surface area is 149 Å². The largest absolute Gasteiger partial charge is 0.282 e. The predicted molar refractivity (Wildman–Crippen MR) is 100.0 cm³/mol. The number of carbonyl (C=O) groups excluding carboxylic acids is 1. The molecule has 128 valence electrons. The molecule has 0 radical (unpaired) electrons. The van der Waals surface area contributed by atoms with Crippen molar-refractivity contribution in [2.24, 2.45) is 0 Å². The van der Waals surface area contributed by atoms with Gasteiger partial charge in [-0.25, -0.2) is 0 Å². The Bertz CT molecular complexity index is 630. The standard InChI is InChI=1S/C20H26N2OS/c23-17(16-10-4-1-5-11-16)22-18(24)19(12-6-2-7-13-19)21-20(22)14-8-3-9-15-20/h1,4-5,10-11,21H,2-3,6-9,12-15H2. The summed E-state index contributed by atoms with van der Waals surface area (Å²) in [5.41, 5.74) is 0.369. The van der Waals surface area contributed by atoms with Gasteiger partial charge in [0, 0.05) is 5.56 Å². The number of benzene rings is 1. The molecule has 3 aliphatic rings. The molecule has 0 bridgehead atoms. The molecule has 1 aromatic carbocycles. The summed E-state index contributed by atoms with van der Waals surface area (Å²) in [7, 11) is 0. The SMILES string of the molecule is O=C(c1ccccc1)N1C(=S)C2(CCCCC2)NC12CCCCC2. The van der Waals surface area contributed by atoms with Crippen molar-refractivity contribution in [2.75, 3.05) is 0 Å². The molecule has 1 N–H and O–H groups in total. The van der Waals surface area contributed by atoms with E-state index in [2.05, 4.69) is 5.32 Å². The monoisotopic (exact) mass is 342 g/mol. The van der Waals surface area contributed by atoms with Gasteiger partial charge in [-0.05, 0) is 50.7 Å². The second-order valence-electron chi connectivity index (χ2n) is 7.67. The highest BCUT2D eigenvalue weighted by Crippen LogP contribution is 2.45. The van der Waals surface area contributed by atoms with Gasteiger partial charge in [0.2, 0.25) is 0 Å². The van der Waals surface area contributed by atoms with E-state index < -0.39 is 0 Å². The van der Waals surface area contributed by atoms with E-state index in [4.69, 9.17) is 12.2 Å². The van der Waals surface area contributed by atoms with Crippen LogP contribution in [0.4, 0.5) is 0 Å². The van der Waals surface area contributed by atoms with Gasteiger partial charge in [-0.2, -0.15) is 0 Å². The molecule has 1 heterocycles.